The smallest absolute Gasteiger partial charge is 0.264 e. The van der Waals surface area contributed by atoms with Crippen LogP contribution in [0.25, 0.3) is 22.0 Å². The summed E-state index contributed by atoms with van der Waals surface area (Å²) in [5, 5.41) is -0.602. The Bertz CT molecular complexity index is 1340. The number of rotatable bonds is 8. The Morgan fingerprint density at radius 1 is 1.03 bits per heavy atom. The first-order valence-corrected chi connectivity index (χ1v) is 12.8. The number of hydrogen-bond donors (Lipinski definition) is 1. The summed E-state index contributed by atoms with van der Waals surface area (Å²) < 4.78 is 99.5. The van der Waals surface area contributed by atoms with Gasteiger partial charge in [0.25, 0.3) is 12.9 Å². The first-order valence-electron chi connectivity index (χ1n) is 11.3. The van der Waals surface area contributed by atoms with E-state index in [1.165, 1.54) is 36.5 Å². The summed E-state index contributed by atoms with van der Waals surface area (Å²) in [5.74, 6) is -0.863. The molecule has 0 radical (unpaired) electrons. The van der Waals surface area contributed by atoms with Gasteiger partial charge in [-0.05, 0) is 36.0 Å². The topological polar surface area (TPSA) is 51.1 Å². The molecule has 0 aliphatic heterocycles. The Labute approximate surface area is 201 Å². The van der Waals surface area contributed by atoms with Gasteiger partial charge >= 0.3 is 0 Å². The molecule has 0 spiro atoms. The van der Waals surface area contributed by atoms with E-state index >= 15 is 4.39 Å². The fraction of sp³-hybridized carbons (Fsp3) is 0.440. The Hall–Kier alpha value is -2.46. The average molecular weight is 515 g/mol. The van der Waals surface area contributed by atoms with E-state index < -0.39 is 40.0 Å². The van der Waals surface area contributed by atoms with Gasteiger partial charge in [-0.3, -0.25) is 0 Å². The van der Waals surface area contributed by atoms with Crippen LogP contribution in [0.1, 0.15) is 57.2 Å². The van der Waals surface area contributed by atoms with Crippen LogP contribution in [0.3, 0.4) is 0 Å². The summed E-state index contributed by atoms with van der Waals surface area (Å²) in [4.78, 5) is 0. The Morgan fingerprint density at radius 2 is 1.69 bits per heavy atom. The predicted octanol–water partition coefficient (Wildman–Crippen LogP) is 6.82. The molecule has 1 aliphatic carbocycles. The van der Waals surface area contributed by atoms with Gasteiger partial charge in [-0.1, -0.05) is 45.0 Å². The summed E-state index contributed by atoms with van der Waals surface area (Å²) in [6.07, 6.45) is -3.71. The number of nitrogens with zero attached hydrogens (tertiary/aromatic N) is 1. The molecule has 1 atom stereocenters. The van der Waals surface area contributed by atoms with Crippen LogP contribution in [-0.2, 0) is 16.6 Å². The highest BCUT2D eigenvalue weighted by atomic mass is 32.2. The van der Waals surface area contributed by atoms with Crippen molar-refractivity contribution in [2.75, 3.05) is 0 Å². The van der Waals surface area contributed by atoms with Crippen LogP contribution in [0.5, 0.6) is 0 Å². The molecule has 1 aliphatic rings. The van der Waals surface area contributed by atoms with Gasteiger partial charge in [0.2, 0.25) is 10.0 Å². The predicted molar refractivity (Wildman–Crippen MR) is 126 cm³/mol. The summed E-state index contributed by atoms with van der Waals surface area (Å²) in [7, 11) is -3.97. The van der Waals surface area contributed by atoms with E-state index in [2.05, 4.69) is 4.72 Å². The third kappa shape index (κ3) is 5.38. The highest BCUT2D eigenvalue weighted by Gasteiger charge is 2.40. The lowest BCUT2D eigenvalue weighted by Gasteiger charge is -2.20. The third-order valence-electron chi connectivity index (χ3n) is 5.97. The molecule has 190 valence electrons. The maximum absolute atomic E-state index is 15.3. The monoisotopic (exact) mass is 514 g/mol. The third-order valence-corrected chi connectivity index (χ3v) is 7.90. The molecule has 1 fully saturated rings. The molecule has 4 rings (SSSR count). The van der Waals surface area contributed by atoms with Crippen molar-refractivity contribution in [3.05, 3.63) is 59.5 Å². The second-order valence-corrected chi connectivity index (χ2v) is 12.2. The number of fused-ring (bicyclic) bond motifs is 1. The maximum atomic E-state index is 15.3. The minimum absolute atomic E-state index is 0.00630. The lowest BCUT2D eigenvalue weighted by atomic mass is 9.96. The Morgan fingerprint density at radius 3 is 2.26 bits per heavy atom. The van der Waals surface area contributed by atoms with Gasteiger partial charge in [0.15, 0.2) is 0 Å². The summed E-state index contributed by atoms with van der Waals surface area (Å²) in [6, 6.07) is 6.08. The highest BCUT2D eigenvalue weighted by molar-refractivity contribution is 7.90. The summed E-state index contributed by atoms with van der Waals surface area (Å²) in [6.45, 7) is 6.12. The number of alkyl halides is 4. The van der Waals surface area contributed by atoms with E-state index in [0.717, 1.165) is 6.07 Å². The van der Waals surface area contributed by atoms with E-state index in [-0.39, 0.29) is 33.1 Å². The van der Waals surface area contributed by atoms with Crippen molar-refractivity contribution < 1.29 is 30.4 Å². The van der Waals surface area contributed by atoms with Crippen LogP contribution >= 0.6 is 0 Å². The number of benzene rings is 2. The lowest BCUT2D eigenvalue weighted by Crippen LogP contribution is -2.35. The van der Waals surface area contributed by atoms with Gasteiger partial charge in [0.05, 0.1) is 5.25 Å². The van der Waals surface area contributed by atoms with Gasteiger partial charge in [-0.2, -0.15) is 0 Å². The van der Waals surface area contributed by atoms with E-state index in [4.69, 9.17) is 0 Å². The molecule has 3 aromatic rings. The number of aromatic nitrogens is 1. The largest absolute Gasteiger partial charge is 0.347 e. The zero-order valence-corrected chi connectivity index (χ0v) is 20.4. The molecule has 0 bridgehead atoms. The van der Waals surface area contributed by atoms with Crippen molar-refractivity contribution in [3.8, 4) is 11.1 Å². The number of halogens is 5. The molecular formula is C25H27F5N2O2S. The highest BCUT2D eigenvalue weighted by Crippen LogP contribution is 2.39. The fourth-order valence-electron chi connectivity index (χ4n) is 4.27. The fourth-order valence-corrected chi connectivity index (χ4v) is 5.80. The standard InChI is InChI=1S/C25H27F5N2O2S/c1-25(2,3)13-32-12-19(22(24(29)30)31-35(33,34)14-8-9-14)18-10-20(26)17(11-21(18)32)15-6-4-5-7-16(15)23(27)28/h4-7,10-12,14,22-24,31H,8-9,13H2,1-3H3/t22-/m0/s1. The second kappa shape index (κ2) is 9.20. The molecule has 1 saturated carbocycles. The second-order valence-electron chi connectivity index (χ2n) is 10.2. The molecule has 0 amide bonds. The average Bonchev–Trinajstić information content (AvgIpc) is 3.56. The molecule has 10 heteroatoms. The Balaban J connectivity index is 1.92. The van der Waals surface area contributed by atoms with E-state index in [1.807, 2.05) is 20.8 Å². The first-order chi connectivity index (χ1) is 16.3. The number of sulfonamides is 1. The minimum atomic E-state index is -3.97. The summed E-state index contributed by atoms with van der Waals surface area (Å²) in [5.41, 5.74) is -0.440. The van der Waals surface area contributed by atoms with Crippen LogP contribution in [0.4, 0.5) is 22.0 Å². The van der Waals surface area contributed by atoms with Crippen molar-refractivity contribution in [1.82, 2.24) is 9.29 Å². The molecular weight excluding hydrogens is 487 g/mol. The first kappa shape index (κ1) is 25.6. The van der Waals surface area contributed by atoms with Crippen molar-refractivity contribution in [2.45, 2.75) is 64.3 Å². The van der Waals surface area contributed by atoms with Gasteiger partial charge in [-0.25, -0.2) is 35.1 Å². The van der Waals surface area contributed by atoms with Crippen LogP contribution in [0.2, 0.25) is 0 Å². The van der Waals surface area contributed by atoms with E-state index in [1.54, 1.807) is 4.57 Å². The van der Waals surface area contributed by atoms with Gasteiger partial charge in [0, 0.05) is 40.3 Å². The molecule has 0 saturated heterocycles. The molecule has 1 aromatic heterocycles. The van der Waals surface area contributed by atoms with E-state index in [9.17, 15) is 26.0 Å². The molecule has 1 N–H and O–H groups in total. The van der Waals surface area contributed by atoms with Crippen molar-refractivity contribution in [3.63, 3.8) is 0 Å². The molecule has 4 nitrogen and oxygen atoms in total. The molecule has 1 heterocycles. The normalized spacial score (nSPS) is 15.9. The van der Waals surface area contributed by atoms with Gasteiger partial charge in [0.1, 0.15) is 11.9 Å². The van der Waals surface area contributed by atoms with Crippen molar-refractivity contribution >= 4 is 20.9 Å². The van der Waals surface area contributed by atoms with Crippen LogP contribution in [0.15, 0.2) is 42.6 Å². The SMILES string of the molecule is CC(C)(C)Cn1cc([C@H](NS(=O)(=O)C2CC2)C(F)F)c2cc(F)c(-c3ccccc3C(F)F)cc21. The zero-order chi connectivity index (χ0) is 25.7. The van der Waals surface area contributed by atoms with Crippen LogP contribution < -0.4 is 4.72 Å². The Kier molecular flexibility index (Phi) is 6.74. The molecule has 35 heavy (non-hydrogen) atoms. The van der Waals surface area contributed by atoms with Crippen LogP contribution in [-0.4, -0.2) is 24.7 Å². The van der Waals surface area contributed by atoms with Crippen molar-refractivity contribution in [2.24, 2.45) is 5.41 Å². The number of nitrogens with one attached hydrogen (secondary N) is 1. The lowest BCUT2D eigenvalue weighted by molar-refractivity contribution is 0.109. The van der Waals surface area contributed by atoms with Crippen LogP contribution in [0, 0.1) is 11.2 Å². The molecule has 2 aromatic carbocycles. The quantitative estimate of drug-likeness (QED) is 0.336. The zero-order valence-electron chi connectivity index (χ0n) is 19.5. The minimum Gasteiger partial charge on any atom is -0.347 e. The van der Waals surface area contributed by atoms with Crippen molar-refractivity contribution in [1.29, 1.82) is 0 Å². The van der Waals surface area contributed by atoms with E-state index in [0.29, 0.717) is 24.9 Å². The maximum Gasteiger partial charge on any atom is 0.264 e. The number of hydrogen-bond acceptors (Lipinski definition) is 2. The molecule has 0 unspecified atom stereocenters. The van der Waals surface area contributed by atoms with Gasteiger partial charge in [-0.15, -0.1) is 0 Å². The van der Waals surface area contributed by atoms with Gasteiger partial charge < -0.3 is 4.57 Å². The summed E-state index contributed by atoms with van der Waals surface area (Å²) >= 11 is 0.